The summed E-state index contributed by atoms with van der Waals surface area (Å²) in [5, 5.41) is 11.4. The molecule has 140 valence electrons. The highest BCUT2D eigenvalue weighted by Gasteiger charge is 2.28. The monoisotopic (exact) mass is 447 g/mol. The van der Waals surface area contributed by atoms with Gasteiger partial charge in [0, 0.05) is 35.7 Å². The Labute approximate surface area is 170 Å². The maximum Gasteiger partial charge on any atom is 0.223 e. The Bertz CT molecular complexity index is 985. The fourth-order valence-corrected chi connectivity index (χ4v) is 3.46. The summed E-state index contributed by atoms with van der Waals surface area (Å²) >= 11 is 9.85. The molecule has 0 aliphatic heterocycles. The van der Waals surface area contributed by atoms with Gasteiger partial charge in [0.05, 0.1) is 16.4 Å². The van der Waals surface area contributed by atoms with Crippen LogP contribution >= 0.6 is 27.5 Å². The van der Waals surface area contributed by atoms with Gasteiger partial charge in [-0.25, -0.2) is 4.98 Å². The maximum absolute atomic E-state index is 11.7. The van der Waals surface area contributed by atoms with Crippen LogP contribution in [0.25, 0.3) is 16.9 Å². The van der Waals surface area contributed by atoms with Crippen LogP contribution in [0, 0.1) is 5.92 Å². The number of hydrogen-bond acceptors (Lipinski definition) is 4. The van der Waals surface area contributed by atoms with Gasteiger partial charge >= 0.3 is 0 Å². The van der Waals surface area contributed by atoms with E-state index in [4.69, 9.17) is 16.6 Å². The molecule has 0 atom stereocenters. The lowest BCUT2D eigenvalue weighted by atomic mass is 10.1. The van der Waals surface area contributed by atoms with Gasteiger partial charge in [-0.1, -0.05) is 29.8 Å². The third-order valence-corrected chi connectivity index (χ3v) is 5.37. The van der Waals surface area contributed by atoms with E-state index in [1.54, 1.807) is 10.7 Å². The van der Waals surface area contributed by atoms with Gasteiger partial charge in [0.15, 0.2) is 5.65 Å². The zero-order valence-corrected chi connectivity index (χ0v) is 16.9. The summed E-state index contributed by atoms with van der Waals surface area (Å²) in [6.07, 6.45) is 4.60. The summed E-state index contributed by atoms with van der Waals surface area (Å²) < 4.78 is 2.57. The molecule has 0 saturated heterocycles. The Kier molecular flexibility index (Phi) is 5.31. The molecule has 1 fully saturated rings. The van der Waals surface area contributed by atoms with Crippen LogP contribution in [0.5, 0.6) is 0 Å². The van der Waals surface area contributed by atoms with E-state index in [0.29, 0.717) is 18.1 Å². The molecule has 6 nitrogen and oxygen atoms in total. The predicted octanol–water partition coefficient (Wildman–Crippen LogP) is 4.14. The van der Waals surface area contributed by atoms with Crippen LogP contribution in [0.15, 0.2) is 41.0 Å². The second-order valence-corrected chi connectivity index (χ2v) is 7.84. The maximum atomic E-state index is 11.7. The molecule has 0 radical (unpaired) electrons. The van der Waals surface area contributed by atoms with Gasteiger partial charge < -0.3 is 10.6 Å². The third kappa shape index (κ3) is 4.09. The number of fused-ring (bicyclic) bond motifs is 1. The van der Waals surface area contributed by atoms with E-state index < -0.39 is 0 Å². The standard InChI is InChI=1S/C19H19BrClN5O/c20-14-11-24-26-17(22-8-3-9-23-19(27)12-6-7-12)10-16(25-18(14)26)13-4-1-2-5-15(13)21/h1-2,4-5,10-12,22H,3,6-9H2,(H,23,27). The summed E-state index contributed by atoms with van der Waals surface area (Å²) in [6, 6.07) is 9.57. The average Bonchev–Trinajstić information content (AvgIpc) is 3.45. The molecule has 4 rings (SSSR count). The lowest BCUT2D eigenvalue weighted by Gasteiger charge is -2.12. The van der Waals surface area contributed by atoms with E-state index >= 15 is 0 Å². The molecule has 1 aliphatic rings. The second-order valence-electron chi connectivity index (χ2n) is 6.58. The molecule has 1 saturated carbocycles. The molecule has 0 unspecified atom stereocenters. The first-order valence-electron chi connectivity index (χ1n) is 8.94. The molecular weight excluding hydrogens is 430 g/mol. The van der Waals surface area contributed by atoms with Crippen molar-refractivity contribution in [3.05, 3.63) is 46.0 Å². The first-order valence-corrected chi connectivity index (χ1v) is 10.1. The van der Waals surface area contributed by atoms with Gasteiger partial charge in [-0.05, 0) is 41.3 Å². The van der Waals surface area contributed by atoms with E-state index in [9.17, 15) is 4.79 Å². The summed E-state index contributed by atoms with van der Waals surface area (Å²) in [5.41, 5.74) is 2.37. The molecular formula is C19H19BrClN5O. The Morgan fingerprint density at radius 2 is 2.11 bits per heavy atom. The van der Waals surface area contributed by atoms with Crippen LogP contribution in [0.3, 0.4) is 0 Å². The summed E-state index contributed by atoms with van der Waals surface area (Å²) in [5.74, 6) is 1.25. The van der Waals surface area contributed by atoms with Crippen LogP contribution in [0.4, 0.5) is 5.82 Å². The molecule has 0 bridgehead atoms. The fraction of sp³-hybridized carbons (Fsp3) is 0.316. The van der Waals surface area contributed by atoms with Crippen LogP contribution < -0.4 is 10.6 Å². The molecule has 3 aromatic rings. The van der Waals surface area contributed by atoms with Gasteiger partial charge in [0.2, 0.25) is 5.91 Å². The molecule has 2 aromatic heterocycles. The number of benzene rings is 1. The van der Waals surface area contributed by atoms with Gasteiger partial charge in [-0.15, -0.1) is 0 Å². The zero-order valence-electron chi connectivity index (χ0n) is 14.6. The highest BCUT2D eigenvalue weighted by Crippen LogP contribution is 2.30. The van der Waals surface area contributed by atoms with Crippen LogP contribution in [-0.4, -0.2) is 33.6 Å². The number of anilines is 1. The van der Waals surface area contributed by atoms with Crippen molar-refractivity contribution in [3.63, 3.8) is 0 Å². The second kappa shape index (κ2) is 7.86. The summed E-state index contributed by atoms with van der Waals surface area (Å²) in [7, 11) is 0. The van der Waals surface area contributed by atoms with Crippen LogP contribution in [0.1, 0.15) is 19.3 Å². The molecule has 1 aliphatic carbocycles. The Balaban J connectivity index is 1.50. The molecule has 8 heteroatoms. The minimum absolute atomic E-state index is 0.179. The Morgan fingerprint density at radius 1 is 1.30 bits per heavy atom. The van der Waals surface area contributed by atoms with E-state index in [1.807, 2.05) is 30.3 Å². The molecule has 0 spiro atoms. The van der Waals surface area contributed by atoms with Gasteiger partial charge in [-0.3, -0.25) is 4.79 Å². The van der Waals surface area contributed by atoms with E-state index in [0.717, 1.165) is 46.5 Å². The van der Waals surface area contributed by atoms with Crippen molar-refractivity contribution < 1.29 is 4.79 Å². The Hall–Kier alpha value is -2.12. The smallest absolute Gasteiger partial charge is 0.223 e. The number of aromatic nitrogens is 3. The van der Waals surface area contributed by atoms with Gasteiger partial charge in [0.25, 0.3) is 0 Å². The zero-order chi connectivity index (χ0) is 18.8. The van der Waals surface area contributed by atoms with E-state index in [-0.39, 0.29) is 11.8 Å². The van der Waals surface area contributed by atoms with Crippen LogP contribution in [-0.2, 0) is 4.79 Å². The predicted molar refractivity (Wildman–Crippen MR) is 110 cm³/mol. The van der Waals surface area contributed by atoms with Crippen molar-refractivity contribution in [1.82, 2.24) is 19.9 Å². The minimum atomic E-state index is 0.179. The lowest BCUT2D eigenvalue weighted by Crippen LogP contribution is -2.27. The minimum Gasteiger partial charge on any atom is -0.370 e. The normalized spacial score (nSPS) is 13.7. The summed E-state index contributed by atoms with van der Waals surface area (Å²) in [6.45, 7) is 1.38. The van der Waals surface area contributed by atoms with Crippen molar-refractivity contribution in [2.75, 3.05) is 18.4 Å². The van der Waals surface area contributed by atoms with Crippen molar-refractivity contribution in [1.29, 1.82) is 0 Å². The first kappa shape index (κ1) is 18.3. The fourth-order valence-electron chi connectivity index (χ4n) is 2.88. The molecule has 2 N–H and O–H groups in total. The number of halogens is 2. The SMILES string of the molecule is O=C(NCCCNc1cc(-c2ccccc2Cl)nc2c(Br)cnn12)C1CC1. The van der Waals surface area contributed by atoms with Crippen LogP contribution in [0.2, 0.25) is 5.02 Å². The number of carbonyl (C=O) groups excluding carboxylic acids is 1. The quantitative estimate of drug-likeness (QED) is 0.533. The number of amides is 1. The van der Waals surface area contributed by atoms with Gasteiger partial charge in [0.1, 0.15) is 5.82 Å². The lowest BCUT2D eigenvalue weighted by molar-refractivity contribution is -0.122. The average molecular weight is 449 g/mol. The Morgan fingerprint density at radius 3 is 2.89 bits per heavy atom. The highest BCUT2D eigenvalue weighted by atomic mass is 79.9. The number of nitrogens with one attached hydrogen (secondary N) is 2. The van der Waals surface area contributed by atoms with Crippen molar-refractivity contribution in [2.24, 2.45) is 5.92 Å². The van der Waals surface area contributed by atoms with Gasteiger partial charge in [-0.2, -0.15) is 9.61 Å². The number of carbonyl (C=O) groups is 1. The molecule has 1 amide bonds. The summed E-state index contributed by atoms with van der Waals surface area (Å²) in [4.78, 5) is 16.4. The number of nitrogens with zero attached hydrogens (tertiary/aromatic N) is 3. The topological polar surface area (TPSA) is 71.3 Å². The molecule has 27 heavy (non-hydrogen) atoms. The number of rotatable bonds is 7. The van der Waals surface area contributed by atoms with Crippen molar-refractivity contribution in [3.8, 4) is 11.3 Å². The highest BCUT2D eigenvalue weighted by molar-refractivity contribution is 9.10. The number of hydrogen-bond donors (Lipinski definition) is 2. The van der Waals surface area contributed by atoms with Crippen molar-refractivity contribution in [2.45, 2.75) is 19.3 Å². The van der Waals surface area contributed by atoms with Crippen molar-refractivity contribution >= 4 is 44.9 Å². The molecule has 1 aromatic carbocycles. The third-order valence-electron chi connectivity index (χ3n) is 4.49. The molecule has 2 heterocycles. The van der Waals surface area contributed by atoms with E-state index in [1.165, 1.54) is 0 Å². The first-order chi connectivity index (χ1) is 13.1. The van der Waals surface area contributed by atoms with E-state index in [2.05, 4.69) is 31.7 Å². The largest absolute Gasteiger partial charge is 0.370 e.